The van der Waals surface area contributed by atoms with E-state index < -0.39 is 17.8 Å². The average Bonchev–Trinajstić information content (AvgIpc) is 3.18. The highest BCUT2D eigenvalue weighted by atomic mass is 32.1. The molecule has 1 aromatic heterocycles. The van der Waals surface area contributed by atoms with Crippen LogP contribution in [0.5, 0.6) is 0 Å². The van der Waals surface area contributed by atoms with E-state index in [-0.39, 0.29) is 6.42 Å². The molecule has 0 spiro atoms. The number of rotatable bonds is 4. The molecule has 2 aromatic rings. The molecule has 6 nitrogen and oxygen atoms in total. The van der Waals surface area contributed by atoms with Gasteiger partial charge in [-0.05, 0) is 34.5 Å². The number of anilines is 1. The van der Waals surface area contributed by atoms with E-state index in [1.54, 1.807) is 31.3 Å². The Bertz CT molecular complexity index is 719. The molecule has 3 rings (SSSR count). The minimum Gasteiger partial charge on any atom is -0.407 e. The number of hydrogen-bond acceptors (Lipinski definition) is 5. The minimum atomic E-state index is -2.12. The van der Waals surface area contributed by atoms with Crippen molar-refractivity contribution >= 4 is 29.0 Å². The molecule has 0 bridgehead atoms. The Hall–Kier alpha value is -2.38. The first kappa shape index (κ1) is 16.5. The second-order valence-electron chi connectivity index (χ2n) is 5.68. The molecule has 2 heterocycles. The van der Waals surface area contributed by atoms with Crippen molar-refractivity contribution in [3.8, 4) is 0 Å². The van der Waals surface area contributed by atoms with Crippen LogP contribution in [-0.4, -0.2) is 41.4 Å². The van der Waals surface area contributed by atoms with E-state index in [1.807, 2.05) is 22.9 Å². The maximum absolute atomic E-state index is 12.5. The van der Waals surface area contributed by atoms with Crippen molar-refractivity contribution in [1.29, 1.82) is 0 Å². The molecule has 1 fully saturated rings. The normalized spacial score (nSPS) is 20.2. The summed E-state index contributed by atoms with van der Waals surface area (Å²) in [6, 6.07) is 10.9. The fourth-order valence-electron chi connectivity index (χ4n) is 2.58. The van der Waals surface area contributed by atoms with Crippen molar-refractivity contribution in [1.82, 2.24) is 4.90 Å². The summed E-state index contributed by atoms with van der Waals surface area (Å²) in [5.41, 5.74) is 1.64. The van der Waals surface area contributed by atoms with E-state index in [0.29, 0.717) is 18.8 Å². The molecule has 7 heteroatoms. The fourth-order valence-corrected chi connectivity index (χ4v) is 3.23. The lowest BCUT2D eigenvalue weighted by molar-refractivity contribution is -0.178. The van der Waals surface area contributed by atoms with Crippen LogP contribution in [0.4, 0.5) is 10.5 Å². The number of amides is 2. The van der Waals surface area contributed by atoms with Crippen molar-refractivity contribution in [2.24, 2.45) is 0 Å². The Morgan fingerprint density at radius 3 is 2.79 bits per heavy atom. The largest absolute Gasteiger partial charge is 0.412 e. The lowest BCUT2D eigenvalue weighted by atomic mass is 10.2. The number of aliphatic hydroxyl groups is 1. The minimum absolute atomic E-state index is 0.0404. The van der Waals surface area contributed by atoms with E-state index in [2.05, 4.69) is 0 Å². The number of para-hydroxylation sites is 1. The number of carbonyl (C=O) groups excluding carboxylic acids is 2. The van der Waals surface area contributed by atoms with Crippen LogP contribution in [-0.2, 0) is 16.1 Å². The van der Waals surface area contributed by atoms with Gasteiger partial charge in [-0.2, -0.15) is 11.3 Å². The van der Waals surface area contributed by atoms with Gasteiger partial charge in [0.15, 0.2) is 0 Å². The summed E-state index contributed by atoms with van der Waals surface area (Å²) in [6.45, 7) is 0.649. The number of hydrogen-bond donors (Lipinski definition) is 1. The van der Waals surface area contributed by atoms with Gasteiger partial charge in [-0.25, -0.2) is 4.79 Å². The predicted molar refractivity (Wildman–Crippen MR) is 90.6 cm³/mol. The maximum atomic E-state index is 12.5. The van der Waals surface area contributed by atoms with Crippen LogP contribution in [0.3, 0.4) is 0 Å². The van der Waals surface area contributed by atoms with E-state index in [9.17, 15) is 14.7 Å². The molecular weight excluding hydrogens is 328 g/mol. The van der Waals surface area contributed by atoms with Crippen molar-refractivity contribution in [3.05, 3.63) is 52.7 Å². The average molecular weight is 346 g/mol. The van der Waals surface area contributed by atoms with Crippen molar-refractivity contribution in [2.45, 2.75) is 18.8 Å². The lowest BCUT2D eigenvalue weighted by Gasteiger charge is -2.25. The van der Waals surface area contributed by atoms with Gasteiger partial charge in [-0.1, -0.05) is 18.2 Å². The van der Waals surface area contributed by atoms with Crippen LogP contribution < -0.4 is 4.90 Å². The summed E-state index contributed by atoms with van der Waals surface area (Å²) in [7, 11) is 1.57. The molecule has 1 N–H and O–H groups in total. The second kappa shape index (κ2) is 6.62. The summed E-state index contributed by atoms with van der Waals surface area (Å²) >= 11 is 1.53. The van der Waals surface area contributed by atoms with E-state index >= 15 is 0 Å². The zero-order valence-corrected chi connectivity index (χ0v) is 14.0. The first-order chi connectivity index (χ1) is 11.5. The number of ether oxygens (including phenoxy) is 1. The summed E-state index contributed by atoms with van der Waals surface area (Å²) in [4.78, 5) is 27.4. The smallest absolute Gasteiger partial charge is 0.407 e. The molecule has 0 radical (unpaired) electrons. The molecule has 126 valence electrons. The van der Waals surface area contributed by atoms with Crippen LogP contribution >= 0.6 is 11.3 Å². The fraction of sp³-hybridized carbons (Fsp3) is 0.294. The second-order valence-corrected chi connectivity index (χ2v) is 6.46. The molecule has 1 aromatic carbocycles. The van der Waals surface area contributed by atoms with Gasteiger partial charge in [0.1, 0.15) is 0 Å². The summed E-state index contributed by atoms with van der Waals surface area (Å²) in [6.07, 6.45) is -0.689. The van der Waals surface area contributed by atoms with Gasteiger partial charge in [-0.15, -0.1) is 0 Å². The Morgan fingerprint density at radius 1 is 1.38 bits per heavy atom. The number of carbonyl (C=O) groups is 2. The molecule has 0 saturated carbocycles. The van der Waals surface area contributed by atoms with Crippen molar-refractivity contribution in [2.75, 3.05) is 18.5 Å². The highest BCUT2D eigenvalue weighted by molar-refractivity contribution is 7.07. The maximum Gasteiger partial charge on any atom is 0.412 e. The Labute approximate surface area is 143 Å². The molecule has 0 aliphatic carbocycles. The van der Waals surface area contributed by atoms with Crippen LogP contribution in [0.2, 0.25) is 0 Å². The molecule has 24 heavy (non-hydrogen) atoms. The van der Waals surface area contributed by atoms with E-state index in [1.165, 1.54) is 21.1 Å². The molecule has 1 aliphatic heterocycles. The third kappa shape index (κ3) is 3.27. The standard InChI is InChI=1S/C17H18N2O4S/c1-18(11-13-7-10-24-12-13)16(21)23-17(22)8-9-19(15(17)20)14-5-3-2-4-6-14/h2-7,10,12,22H,8-9,11H2,1H3/t17-/m0/s1. The Kier molecular flexibility index (Phi) is 4.55. The van der Waals surface area contributed by atoms with Gasteiger partial charge in [0, 0.05) is 32.2 Å². The number of thiophene rings is 1. The molecule has 1 atom stereocenters. The SMILES string of the molecule is CN(Cc1ccsc1)C(=O)O[C@@]1(O)CCN(c2ccccc2)C1=O. The van der Waals surface area contributed by atoms with E-state index in [4.69, 9.17) is 4.74 Å². The summed E-state index contributed by atoms with van der Waals surface area (Å²) < 4.78 is 5.13. The van der Waals surface area contributed by atoms with Crippen LogP contribution in [0, 0.1) is 0 Å². The molecular formula is C17H18N2O4S. The quantitative estimate of drug-likeness (QED) is 0.864. The van der Waals surface area contributed by atoms with Gasteiger partial charge in [0.2, 0.25) is 0 Å². The Morgan fingerprint density at radius 2 is 2.12 bits per heavy atom. The van der Waals surface area contributed by atoms with Gasteiger partial charge >= 0.3 is 6.09 Å². The van der Waals surface area contributed by atoms with Crippen LogP contribution in [0.1, 0.15) is 12.0 Å². The zero-order chi connectivity index (χ0) is 17.2. The topological polar surface area (TPSA) is 70.1 Å². The third-order valence-electron chi connectivity index (χ3n) is 3.89. The first-order valence-electron chi connectivity index (χ1n) is 7.54. The van der Waals surface area contributed by atoms with Gasteiger partial charge in [-0.3, -0.25) is 4.79 Å². The van der Waals surface area contributed by atoms with Crippen LogP contribution in [0.25, 0.3) is 0 Å². The molecule has 0 unspecified atom stereocenters. The van der Waals surface area contributed by atoms with Gasteiger partial charge in [0.05, 0.1) is 0 Å². The lowest BCUT2D eigenvalue weighted by Crippen LogP contribution is -2.46. The zero-order valence-electron chi connectivity index (χ0n) is 13.2. The third-order valence-corrected chi connectivity index (χ3v) is 4.62. The number of nitrogens with zero attached hydrogens (tertiary/aromatic N) is 2. The highest BCUT2D eigenvalue weighted by Crippen LogP contribution is 2.29. The van der Waals surface area contributed by atoms with Crippen molar-refractivity contribution < 1.29 is 19.4 Å². The first-order valence-corrected chi connectivity index (χ1v) is 8.48. The van der Waals surface area contributed by atoms with E-state index in [0.717, 1.165) is 5.56 Å². The van der Waals surface area contributed by atoms with Crippen LogP contribution in [0.15, 0.2) is 47.2 Å². The Balaban J connectivity index is 1.66. The molecule has 1 saturated heterocycles. The van der Waals surface area contributed by atoms with Gasteiger partial charge in [0.25, 0.3) is 11.7 Å². The summed E-state index contributed by atoms with van der Waals surface area (Å²) in [5, 5.41) is 14.3. The monoisotopic (exact) mass is 346 g/mol. The molecule has 1 aliphatic rings. The van der Waals surface area contributed by atoms with Crippen molar-refractivity contribution in [3.63, 3.8) is 0 Å². The number of benzene rings is 1. The summed E-state index contributed by atoms with van der Waals surface area (Å²) in [5.74, 6) is -2.73. The van der Waals surface area contributed by atoms with Gasteiger partial charge < -0.3 is 19.6 Å². The predicted octanol–water partition coefficient (Wildman–Crippen LogP) is 2.44. The highest BCUT2D eigenvalue weighted by Gasteiger charge is 2.50. The molecule has 2 amide bonds.